The largest absolute Gasteiger partial charge is 0.352 e. The smallest absolute Gasteiger partial charge is 0.247 e. The van der Waals surface area contributed by atoms with E-state index in [0.717, 1.165) is 5.56 Å². The van der Waals surface area contributed by atoms with Gasteiger partial charge in [0.1, 0.15) is 11.1 Å². The third-order valence-corrected chi connectivity index (χ3v) is 3.91. The Bertz CT molecular complexity index is 523. The van der Waals surface area contributed by atoms with Crippen molar-refractivity contribution in [2.45, 2.75) is 31.8 Å². The van der Waals surface area contributed by atoms with E-state index in [-0.39, 0.29) is 11.8 Å². The molecule has 2 rings (SSSR count). The number of hydrogen-bond donors (Lipinski definition) is 2. The zero-order valence-corrected chi connectivity index (χ0v) is 12.1. The summed E-state index contributed by atoms with van der Waals surface area (Å²) >= 11 is 0. The van der Waals surface area contributed by atoms with Crippen molar-refractivity contribution in [3.05, 3.63) is 35.9 Å². The fraction of sp³-hybridized carbons (Fsp3) is 0.467. The Morgan fingerprint density at radius 3 is 2.55 bits per heavy atom. The molecule has 5 heteroatoms. The molecule has 0 spiro atoms. The summed E-state index contributed by atoms with van der Waals surface area (Å²) in [6, 6.07) is 9.23. The molecule has 1 aliphatic heterocycles. The SMILES string of the molecule is CC(N)(C(=O)N1CCNC(=O)C1(C)C)c1ccccc1. The first kappa shape index (κ1) is 14.5. The molecule has 2 amide bonds. The lowest BCUT2D eigenvalue weighted by molar-refractivity contribution is -0.152. The van der Waals surface area contributed by atoms with Gasteiger partial charge in [-0.25, -0.2) is 0 Å². The average molecular weight is 275 g/mol. The molecule has 0 bridgehead atoms. The minimum absolute atomic E-state index is 0.152. The van der Waals surface area contributed by atoms with Crippen LogP contribution in [0.4, 0.5) is 0 Å². The van der Waals surface area contributed by atoms with Crippen molar-refractivity contribution in [3.8, 4) is 0 Å². The van der Waals surface area contributed by atoms with Crippen LogP contribution in [0.15, 0.2) is 30.3 Å². The van der Waals surface area contributed by atoms with Crippen molar-refractivity contribution in [1.29, 1.82) is 0 Å². The maximum Gasteiger partial charge on any atom is 0.247 e. The maximum absolute atomic E-state index is 12.8. The van der Waals surface area contributed by atoms with E-state index >= 15 is 0 Å². The van der Waals surface area contributed by atoms with Crippen molar-refractivity contribution < 1.29 is 9.59 Å². The Labute approximate surface area is 119 Å². The van der Waals surface area contributed by atoms with Gasteiger partial charge in [-0.3, -0.25) is 9.59 Å². The van der Waals surface area contributed by atoms with Crippen molar-refractivity contribution in [3.63, 3.8) is 0 Å². The molecule has 0 aliphatic carbocycles. The fourth-order valence-corrected chi connectivity index (χ4v) is 2.44. The monoisotopic (exact) mass is 275 g/mol. The van der Waals surface area contributed by atoms with E-state index in [2.05, 4.69) is 5.32 Å². The molecule has 0 aromatic heterocycles. The molecule has 3 N–H and O–H groups in total. The van der Waals surface area contributed by atoms with Gasteiger partial charge in [0.05, 0.1) is 0 Å². The highest BCUT2D eigenvalue weighted by Crippen LogP contribution is 2.26. The van der Waals surface area contributed by atoms with E-state index in [1.807, 2.05) is 30.3 Å². The van der Waals surface area contributed by atoms with Crippen molar-refractivity contribution in [2.75, 3.05) is 13.1 Å². The lowest BCUT2D eigenvalue weighted by atomic mass is 9.88. The molecule has 0 saturated carbocycles. The van der Waals surface area contributed by atoms with Crippen LogP contribution >= 0.6 is 0 Å². The molecule has 5 nitrogen and oxygen atoms in total. The van der Waals surface area contributed by atoms with E-state index in [1.165, 1.54) is 0 Å². The molecule has 0 radical (unpaired) electrons. The van der Waals surface area contributed by atoms with Crippen LogP contribution in [0.1, 0.15) is 26.3 Å². The molecule has 108 valence electrons. The third kappa shape index (κ3) is 2.29. The molecule has 1 aromatic carbocycles. The van der Waals surface area contributed by atoms with Gasteiger partial charge in [-0.1, -0.05) is 30.3 Å². The molecular formula is C15H21N3O2. The first-order chi connectivity index (χ1) is 9.28. The molecule has 1 aromatic rings. The molecular weight excluding hydrogens is 254 g/mol. The van der Waals surface area contributed by atoms with Gasteiger partial charge < -0.3 is 16.0 Å². The zero-order chi connectivity index (χ0) is 15.0. The Morgan fingerprint density at radius 1 is 1.35 bits per heavy atom. The second-order valence-electron chi connectivity index (χ2n) is 5.84. The lowest BCUT2D eigenvalue weighted by Gasteiger charge is -2.44. The fourth-order valence-electron chi connectivity index (χ4n) is 2.44. The summed E-state index contributed by atoms with van der Waals surface area (Å²) in [5.74, 6) is -0.385. The van der Waals surface area contributed by atoms with Gasteiger partial charge in [-0.2, -0.15) is 0 Å². The van der Waals surface area contributed by atoms with Crippen molar-refractivity contribution in [2.24, 2.45) is 5.73 Å². The van der Waals surface area contributed by atoms with Gasteiger partial charge in [-0.15, -0.1) is 0 Å². The summed E-state index contributed by atoms with van der Waals surface area (Å²) in [6.45, 7) is 6.09. The summed E-state index contributed by atoms with van der Waals surface area (Å²) < 4.78 is 0. The van der Waals surface area contributed by atoms with Crippen molar-refractivity contribution in [1.82, 2.24) is 10.2 Å². The number of carbonyl (C=O) groups is 2. The third-order valence-electron chi connectivity index (χ3n) is 3.91. The molecule has 1 saturated heterocycles. The number of nitrogens with one attached hydrogen (secondary N) is 1. The lowest BCUT2D eigenvalue weighted by Crippen LogP contribution is -2.67. The summed E-state index contributed by atoms with van der Waals surface area (Å²) in [4.78, 5) is 26.3. The number of piperazine rings is 1. The van der Waals surface area contributed by atoms with E-state index in [4.69, 9.17) is 5.73 Å². The normalized spacial score (nSPS) is 21.0. The number of rotatable bonds is 2. The summed E-state index contributed by atoms with van der Waals surface area (Å²) in [5, 5.41) is 2.77. The average Bonchev–Trinajstić information content (AvgIpc) is 2.42. The minimum atomic E-state index is -1.14. The number of nitrogens with two attached hydrogens (primary N) is 1. The number of amides is 2. The predicted octanol–water partition coefficient (Wildman–Crippen LogP) is 0.598. The number of carbonyl (C=O) groups excluding carboxylic acids is 2. The van der Waals surface area contributed by atoms with Crippen LogP contribution in [0.3, 0.4) is 0 Å². The van der Waals surface area contributed by atoms with Crippen LogP contribution in [0.5, 0.6) is 0 Å². The van der Waals surface area contributed by atoms with Crippen LogP contribution in [0.2, 0.25) is 0 Å². The predicted molar refractivity (Wildman–Crippen MR) is 76.8 cm³/mol. The van der Waals surface area contributed by atoms with Gasteiger partial charge in [0.15, 0.2) is 0 Å². The number of nitrogens with zero attached hydrogens (tertiary/aromatic N) is 1. The highest BCUT2D eigenvalue weighted by Gasteiger charge is 2.45. The minimum Gasteiger partial charge on any atom is -0.352 e. The number of hydrogen-bond acceptors (Lipinski definition) is 3. The molecule has 20 heavy (non-hydrogen) atoms. The molecule has 1 unspecified atom stereocenters. The Morgan fingerprint density at radius 2 is 1.95 bits per heavy atom. The standard InChI is InChI=1S/C15H21N3O2/c1-14(2)12(19)17-9-10-18(14)13(20)15(3,16)11-7-5-4-6-8-11/h4-8H,9-10,16H2,1-3H3,(H,17,19). The van der Waals surface area contributed by atoms with Gasteiger partial charge in [-0.05, 0) is 26.3 Å². The topological polar surface area (TPSA) is 75.4 Å². The van der Waals surface area contributed by atoms with E-state index in [9.17, 15) is 9.59 Å². The summed E-state index contributed by atoms with van der Waals surface area (Å²) in [5.41, 5.74) is 4.97. The van der Waals surface area contributed by atoms with Crippen LogP contribution in [0.25, 0.3) is 0 Å². The first-order valence-corrected chi connectivity index (χ1v) is 6.72. The first-order valence-electron chi connectivity index (χ1n) is 6.72. The summed E-state index contributed by atoms with van der Waals surface area (Å²) in [7, 11) is 0. The Balaban J connectivity index is 2.33. The number of benzene rings is 1. The van der Waals surface area contributed by atoms with Gasteiger partial charge in [0.25, 0.3) is 0 Å². The van der Waals surface area contributed by atoms with Gasteiger partial charge >= 0.3 is 0 Å². The van der Waals surface area contributed by atoms with Crippen molar-refractivity contribution >= 4 is 11.8 Å². The highest BCUT2D eigenvalue weighted by atomic mass is 16.2. The second-order valence-corrected chi connectivity index (χ2v) is 5.84. The Hall–Kier alpha value is -1.88. The van der Waals surface area contributed by atoms with Crippen LogP contribution in [-0.2, 0) is 15.1 Å². The van der Waals surface area contributed by atoms with Crippen LogP contribution < -0.4 is 11.1 Å². The van der Waals surface area contributed by atoms with Crippen LogP contribution in [-0.4, -0.2) is 35.3 Å². The van der Waals surface area contributed by atoms with E-state index in [1.54, 1.807) is 25.7 Å². The van der Waals surface area contributed by atoms with Gasteiger partial charge in [0.2, 0.25) is 11.8 Å². The Kier molecular flexibility index (Phi) is 3.56. The highest BCUT2D eigenvalue weighted by molar-refractivity contribution is 5.95. The summed E-state index contributed by atoms with van der Waals surface area (Å²) in [6.07, 6.45) is 0. The van der Waals surface area contributed by atoms with Gasteiger partial charge in [0, 0.05) is 13.1 Å². The van der Waals surface area contributed by atoms with E-state index < -0.39 is 11.1 Å². The zero-order valence-electron chi connectivity index (χ0n) is 12.1. The quantitative estimate of drug-likeness (QED) is 0.830. The molecule has 1 fully saturated rings. The van der Waals surface area contributed by atoms with Crippen LogP contribution in [0, 0.1) is 0 Å². The molecule has 1 heterocycles. The molecule has 1 aliphatic rings. The second kappa shape index (κ2) is 4.90. The van der Waals surface area contributed by atoms with E-state index in [0.29, 0.717) is 13.1 Å². The molecule has 1 atom stereocenters. The maximum atomic E-state index is 12.8.